The second-order valence-corrected chi connectivity index (χ2v) is 4.13. The Morgan fingerprint density at radius 3 is 2.47 bits per heavy atom. The van der Waals surface area contributed by atoms with Gasteiger partial charge >= 0.3 is 0 Å². The van der Waals surface area contributed by atoms with Crippen LogP contribution in [0, 0.1) is 0 Å². The van der Waals surface area contributed by atoms with Gasteiger partial charge in [0.2, 0.25) is 0 Å². The zero-order valence-electron chi connectivity index (χ0n) is 10.4. The summed E-state index contributed by atoms with van der Waals surface area (Å²) >= 11 is 0. The molecule has 0 aliphatic carbocycles. The summed E-state index contributed by atoms with van der Waals surface area (Å²) in [6.45, 7) is 0. The maximum atomic E-state index is 5.22. The molecule has 0 saturated heterocycles. The molecular formula is C13H17N3O. The molecule has 0 amide bonds. The lowest BCUT2D eigenvalue weighted by molar-refractivity contribution is 0.574. The third kappa shape index (κ3) is 2.78. The molecule has 1 aromatic heterocycles. The van der Waals surface area contributed by atoms with Crippen molar-refractivity contribution in [2.24, 2.45) is 0 Å². The smallest absolute Gasteiger partial charge is 0.294 e. The van der Waals surface area contributed by atoms with Crippen LogP contribution in [0.4, 0.5) is 11.7 Å². The molecule has 0 atom stereocenters. The van der Waals surface area contributed by atoms with Gasteiger partial charge in [-0.25, -0.2) is 0 Å². The highest BCUT2D eigenvalue weighted by Crippen LogP contribution is 2.16. The molecular weight excluding hydrogens is 214 g/mol. The Hall–Kier alpha value is -1.97. The average Bonchev–Trinajstić information content (AvgIpc) is 2.77. The van der Waals surface area contributed by atoms with Gasteiger partial charge < -0.3 is 14.6 Å². The largest absolute Gasteiger partial charge is 0.432 e. The monoisotopic (exact) mass is 231 g/mol. The van der Waals surface area contributed by atoms with Gasteiger partial charge in [0.1, 0.15) is 6.26 Å². The first-order chi connectivity index (χ1) is 8.19. The van der Waals surface area contributed by atoms with E-state index < -0.39 is 0 Å². The van der Waals surface area contributed by atoms with Crippen LogP contribution in [0.1, 0.15) is 11.3 Å². The Morgan fingerprint density at radius 1 is 1.24 bits per heavy atom. The summed E-state index contributed by atoms with van der Waals surface area (Å²) in [5.74, 6) is 0. The fraction of sp³-hybridized carbons (Fsp3) is 0.308. The molecule has 90 valence electrons. The Kier molecular flexibility index (Phi) is 3.32. The molecule has 0 radical (unpaired) electrons. The van der Waals surface area contributed by atoms with Gasteiger partial charge in [-0.3, -0.25) is 0 Å². The molecule has 1 heterocycles. The molecule has 0 unspecified atom stereocenters. The van der Waals surface area contributed by atoms with E-state index in [2.05, 4.69) is 39.5 Å². The molecule has 4 heteroatoms. The molecule has 0 aliphatic rings. The Labute approximate surface area is 101 Å². The number of hydrogen-bond donors (Lipinski definition) is 1. The standard InChI is InChI=1S/C13H17N3O/c1-14-13-15-11(9-17-13)8-10-4-6-12(7-5-10)16(2)3/h4-7,9H,8H2,1-3H3,(H,14,15). The molecule has 0 aliphatic heterocycles. The van der Waals surface area contributed by atoms with Crippen LogP contribution in [0.25, 0.3) is 0 Å². The first-order valence-electron chi connectivity index (χ1n) is 5.57. The minimum atomic E-state index is 0.560. The number of hydrogen-bond acceptors (Lipinski definition) is 4. The molecule has 0 spiro atoms. The Bertz CT molecular complexity index is 474. The third-order valence-corrected chi connectivity index (χ3v) is 2.60. The maximum absolute atomic E-state index is 5.22. The normalized spacial score (nSPS) is 10.3. The fourth-order valence-corrected chi connectivity index (χ4v) is 1.62. The van der Waals surface area contributed by atoms with Crippen molar-refractivity contribution < 1.29 is 4.42 Å². The van der Waals surface area contributed by atoms with Crippen LogP contribution in [0.5, 0.6) is 0 Å². The van der Waals surface area contributed by atoms with E-state index in [1.54, 1.807) is 13.3 Å². The number of nitrogens with zero attached hydrogens (tertiary/aromatic N) is 2. The molecule has 17 heavy (non-hydrogen) atoms. The zero-order valence-corrected chi connectivity index (χ0v) is 10.4. The van der Waals surface area contributed by atoms with Crippen molar-refractivity contribution in [3.8, 4) is 0 Å². The van der Waals surface area contributed by atoms with E-state index in [1.807, 2.05) is 14.1 Å². The summed E-state index contributed by atoms with van der Waals surface area (Å²) in [6, 6.07) is 9.00. The van der Waals surface area contributed by atoms with Gasteiger partial charge in [-0.15, -0.1) is 0 Å². The van der Waals surface area contributed by atoms with Crippen molar-refractivity contribution in [2.45, 2.75) is 6.42 Å². The summed E-state index contributed by atoms with van der Waals surface area (Å²) in [5, 5.41) is 2.87. The topological polar surface area (TPSA) is 41.3 Å². The lowest BCUT2D eigenvalue weighted by Gasteiger charge is -2.12. The van der Waals surface area contributed by atoms with Crippen molar-refractivity contribution in [1.82, 2.24) is 4.98 Å². The summed E-state index contributed by atoms with van der Waals surface area (Å²) in [6.07, 6.45) is 2.48. The predicted molar refractivity (Wildman–Crippen MR) is 69.6 cm³/mol. The van der Waals surface area contributed by atoms with Crippen LogP contribution in [-0.4, -0.2) is 26.1 Å². The minimum absolute atomic E-state index is 0.560. The van der Waals surface area contributed by atoms with E-state index >= 15 is 0 Å². The average molecular weight is 231 g/mol. The van der Waals surface area contributed by atoms with E-state index in [0.717, 1.165) is 12.1 Å². The molecule has 0 saturated carbocycles. The van der Waals surface area contributed by atoms with Crippen molar-refractivity contribution in [2.75, 3.05) is 31.4 Å². The maximum Gasteiger partial charge on any atom is 0.294 e. The van der Waals surface area contributed by atoms with Crippen LogP contribution >= 0.6 is 0 Å². The Balaban J connectivity index is 2.08. The number of oxazole rings is 1. The van der Waals surface area contributed by atoms with E-state index in [9.17, 15) is 0 Å². The molecule has 1 aromatic carbocycles. The highest BCUT2D eigenvalue weighted by Gasteiger charge is 2.03. The molecule has 2 aromatic rings. The van der Waals surface area contributed by atoms with Gasteiger partial charge in [0, 0.05) is 33.3 Å². The second kappa shape index (κ2) is 4.91. The quantitative estimate of drug-likeness (QED) is 0.877. The molecule has 0 fully saturated rings. The van der Waals surface area contributed by atoms with Gasteiger partial charge in [0.25, 0.3) is 6.01 Å². The van der Waals surface area contributed by atoms with Crippen molar-refractivity contribution in [1.29, 1.82) is 0 Å². The number of nitrogens with one attached hydrogen (secondary N) is 1. The van der Waals surface area contributed by atoms with Crippen LogP contribution in [0.15, 0.2) is 34.9 Å². The van der Waals surface area contributed by atoms with Gasteiger partial charge in [0.15, 0.2) is 0 Å². The van der Waals surface area contributed by atoms with Crippen molar-refractivity contribution >= 4 is 11.7 Å². The van der Waals surface area contributed by atoms with Crippen LogP contribution in [-0.2, 0) is 6.42 Å². The summed E-state index contributed by atoms with van der Waals surface area (Å²) in [7, 11) is 5.86. The number of rotatable bonds is 4. The van der Waals surface area contributed by atoms with Crippen LogP contribution in [0.2, 0.25) is 0 Å². The molecule has 0 bridgehead atoms. The van der Waals surface area contributed by atoms with Crippen molar-refractivity contribution in [3.05, 3.63) is 41.8 Å². The predicted octanol–water partition coefficient (Wildman–Crippen LogP) is 2.37. The number of aromatic nitrogens is 1. The summed E-state index contributed by atoms with van der Waals surface area (Å²) < 4.78 is 5.22. The minimum Gasteiger partial charge on any atom is -0.432 e. The first kappa shape index (κ1) is 11.5. The van der Waals surface area contributed by atoms with Gasteiger partial charge in [-0.1, -0.05) is 12.1 Å². The number of anilines is 2. The zero-order chi connectivity index (χ0) is 12.3. The van der Waals surface area contributed by atoms with E-state index in [1.165, 1.54) is 11.3 Å². The summed E-state index contributed by atoms with van der Waals surface area (Å²) in [5.41, 5.74) is 3.36. The van der Waals surface area contributed by atoms with Gasteiger partial charge in [-0.2, -0.15) is 4.98 Å². The molecule has 1 N–H and O–H groups in total. The Morgan fingerprint density at radius 2 is 1.94 bits per heavy atom. The molecule has 2 rings (SSSR count). The number of benzene rings is 1. The fourth-order valence-electron chi connectivity index (χ4n) is 1.62. The van der Waals surface area contributed by atoms with Crippen LogP contribution in [0.3, 0.4) is 0 Å². The highest BCUT2D eigenvalue weighted by atomic mass is 16.4. The van der Waals surface area contributed by atoms with Gasteiger partial charge in [0.05, 0.1) is 5.69 Å². The van der Waals surface area contributed by atoms with Crippen molar-refractivity contribution in [3.63, 3.8) is 0 Å². The SMILES string of the molecule is CNc1nc(Cc2ccc(N(C)C)cc2)co1. The lowest BCUT2D eigenvalue weighted by atomic mass is 10.1. The third-order valence-electron chi connectivity index (χ3n) is 2.60. The first-order valence-corrected chi connectivity index (χ1v) is 5.57. The van der Waals surface area contributed by atoms with Crippen LogP contribution < -0.4 is 10.2 Å². The van der Waals surface area contributed by atoms with E-state index in [0.29, 0.717) is 6.01 Å². The molecule has 4 nitrogen and oxygen atoms in total. The summed E-state index contributed by atoms with van der Waals surface area (Å²) in [4.78, 5) is 6.38. The lowest BCUT2D eigenvalue weighted by Crippen LogP contribution is -2.08. The highest BCUT2D eigenvalue weighted by molar-refractivity contribution is 5.46. The van der Waals surface area contributed by atoms with E-state index in [4.69, 9.17) is 4.42 Å². The van der Waals surface area contributed by atoms with Gasteiger partial charge in [-0.05, 0) is 17.7 Å². The second-order valence-electron chi connectivity index (χ2n) is 4.13. The van der Waals surface area contributed by atoms with E-state index in [-0.39, 0.29) is 0 Å².